The highest BCUT2D eigenvalue weighted by Gasteiger charge is 2.00. The van der Waals surface area contributed by atoms with Gasteiger partial charge in [-0.3, -0.25) is 9.98 Å². The Hall–Kier alpha value is -2.16. The summed E-state index contributed by atoms with van der Waals surface area (Å²) in [6.45, 7) is 2.04. The minimum absolute atomic E-state index is 0.720. The first-order valence-electron chi connectivity index (χ1n) is 5.86. The van der Waals surface area contributed by atoms with Gasteiger partial charge in [0.05, 0.1) is 7.11 Å². The molecule has 2 aromatic rings. The summed E-state index contributed by atoms with van der Waals surface area (Å²) in [5, 5.41) is 0. The van der Waals surface area contributed by atoms with Gasteiger partial charge in [0, 0.05) is 24.5 Å². The number of pyridine rings is 1. The molecule has 1 heterocycles. The van der Waals surface area contributed by atoms with Gasteiger partial charge in [-0.25, -0.2) is 0 Å². The Morgan fingerprint density at radius 2 is 2.17 bits per heavy atom. The van der Waals surface area contributed by atoms with Crippen molar-refractivity contribution >= 4 is 11.9 Å². The topological polar surface area (TPSA) is 34.5 Å². The first kappa shape index (κ1) is 12.3. The molecular formula is C15H16N2O. The minimum atomic E-state index is 0.720. The molecule has 0 unspecified atom stereocenters. The molecule has 0 saturated heterocycles. The van der Waals surface area contributed by atoms with Crippen molar-refractivity contribution in [2.45, 2.75) is 13.3 Å². The van der Waals surface area contributed by atoms with Crippen molar-refractivity contribution in [2.24, 2.45) is 4.99 Å². The maximum absolute atomic E-state index is 5.27. The van der Waals surface area contributed by atoms with Gasteiger partial charge in [-0.2, -0.15) is 0 Å². The monoisotopic (exact) mass is 240 g/mol. The van der Waals surface area contributed by atoms with Crippen LogP contribution in [0.4, 0.5) is 5.69 Å². The minimum Gasteiger partial charge on any atom is -0.494 e. The first-order valence-corrected chi connectivity index (χ1v) is 5.86. The normalized spacial score (nSPS) is 10.8. The lowest BCUT2D eigenvalue weighted by Crippen LogP contribution is -1.90. The average Bonchev–Trinajstić information content (AvgIpc) is 2.40. The molecule has 0 amide bonds. The van der Waals surface area contributed by atoms with Gasteiger partial charge in [0.1, 0.15) is 11.4 Å². The van der Waals surface area contributed by atoms with Crippen molar-refractivity contribution in [3.05, 3.63) is 53.9 Å². The summed E-state index contributed by atoms with van der Waals surface area (Å²) in [7, 11) is 1.66. The number of rotatable bonds is 4. The van der Waals surface area contributed by atoms with E-state index >= 15 is 0 Å². The first-order chi connectivity index (χ1) is 8.79. The smallest absolute Gasteiger partial charge is 0.144 e. The second kappa shape index (κ2) is 5.96. The number of methoxy groups -OCH3 is 1. The molecule has 0 bridgehead atoms. The molecule has 3 nitrogen and oxygen atoms in total. The Bertz CT molecular complexity index is 535. The van der Waals surface area contributed by atoms with Crippen LogP contribution in [0.15, 0.2) is 47.6 Å². The maximum atomic E-state index is 5.27. The van der Waals surface area contributed by atoms with Crippen LogP contribution in [0.3, 0.4) is 0 Å². The van der Waals surface area contributed by atoms with Crippen LogP contribution in [0.2, 0.25) is 0 Å². The van der Waals surface area contributed by atoms with Crippen LogP contribution in [-0.2, 0) is 6.42 Å². The van der Waals surface area contributed by atoms with Gasteiger partial charge in [0.15, 0.2) is 0 Å². The third-order valence-electron chi connectivity index (χ3n) is 2.59. The second-order valence-electron chi connectivity index (χ2n) is 4.01. The maximum Gasteiger partial charge on any atom is 0.144 e. The van der Waals surface area contributed by atoms with E-state index in [1.807, 2.05) is 49.5 Å². The zero-order chi connectivity index (χ0) is 12.8. The van der Waals surface area contributed by atoms with Crippen LogP contribution in [0.5, 0.6) is 5.75 Å². The van der Waals surface area contributed by atoms with E-state index in [9.17, 15) is 0 Å². The number of aliphatic imine (C=N–C) groups is 1. The second-order valence-corrected chi connectivity index (χ2v) is 4.01. The summed E-state index contributed by atoms with van der Waals surface area (Å²) in [6, 6.07) is 11.8. The van der Waals surface area contributed by atoms with Crippen LogP contribution in [-0.4, -0.2) is 18.3 Å². The number of ether oxygens (including phenoxy) is 1. The van der Waals surface area contributed by atoms with E-state index in [0.717, 1.165) is 23.6 Å². The van der Waals surface area contributed by atoms with Gasteiger partial charge in [-0.1, -0.05) is 12.1 Å². The standard InChI is InChI=1S/C15H16N2O/c1-12-6-7-15(18-2)14(11-12)17-10-8-13-5-3-4-9-16-13/h3-7,9-11H,8H2,1-2H3. The fourth-order valence-corrected chi connectivity index (χ4v) is 1.66. The van der Waals surface area contributed by atoms with Gasteiger partial charge < -0.3 is 4.74 Å². The van der Waals surface area contributed by atoms with Crippen molar-refractivity contribution in [1.82, 2.24) is 4.98 Å². The third kappa shape index (κ3) is 3.17. The fraction of sp³-hybridized carbons (Fsp3) is 0.200. The summed E-state index contributed by atoms with van der Waals surface area (Å²) in [5.41, 5.74) is 3.03. The number of aromatic nitrogens is 1. The Balaban J connectivity index is 2.11. The van der Waals surface area contributed by atoms with E-state index in [1.165, 1.54) is 5.56 Å². The van der Waals surface area contributed by atoms with E-state index in [-0.39, 0.29) is 0 Å². The summed E-state index contributed by atoms with van der Waals surface area (Å²) in [4.78, 5) is 8.69. The summed E-state index contributed by atoms with van der Waals surface area (Å²) >= 11 is 0. The molecule has 92 valence electrons. The van der Waals surface area contributed by atoms with E-state index in [2.05, 4.69) is 9.98 Å². The average molecular weight is 240 g/mol. The van der Waals surface area contributed by atoms with E-state index in [4.69, 9.17) is 4.74 Å². The summed E-state index contributed by atoms with van der Waals surface area (Å²) in [5.74, 6) is 0.790. The lowest BCUT2D eigenvalue weighted by molar-refractivity contribution is 0.416. The van der Waals surface area contributed by atoms with Crippen molar-refractivity contribution in [3.8, 4) is 5.75 Å². The fourth-order valence-electron chi connectivity index (χ4n) is 1.66. The van der Waals surface area contributed by atoms with Crippen molar-refractivity contribution in [1.29, 1.82) is 0 Å². The third-order valence-corrected chi connectivity index (χ3v) is 2.59. The van der Waals surface area contributed by atoms with E-state index in [0.29, 0.717) is 0 Å². The Morgan fingerprint density at radius 3 is 2.89 bits per heavy atom. The molecule has 0 atom stereocenters. The van der Waals surface area contributed by atoms with E-state index < -0.39 is 0 Å². The zero-order valence-corrected chi connectivity index (χ0v) is 10.6. The predicted molar refractivity (Wildman–Crippen MR) is 73.8 cm³/mol. The summed E-state index contributed by atoms with van der Waals surface area (Å²) in [6.07, 6.45) is 4.37. The highest BCUT2D eigenvalue weighted by molar-refractivity contribution is 5.68. The Labute approximate surface area is 107 Å². The highest BCUT2D eigenvalue weighted by atomic mass is 16.5. The van der Waals surface area contributed by atoms with Crippen LogP contribution >= 0.6 is 0 Å². The molecule has 0 fully saturated rings. The molecule has 0 aliphatic rings. The number of aryl methyl sites for hydroxylation is 1. The van der Waals surface area contributed by atoms with Gasteiger partial charge >= 0.3 is 0 Å². The number of nitrogens with zero attached hydrogens (tertiary/aromatic N) is 2. The van der Waals surface area contributed by atoms with Crippen molar-refractivity contribution in [3.63, 3.8) is 0 Å². The number of hydrogen-bond donors (Lipinski definition) is 0. The largest absolute Gasteiger partial charge is 0.494 e. The zero-order valence-electron chi connectivity index (χ0n) is 10.6. The molecular weight excluding hydrogens is 224 g/mol. The SMILES string of the molecule is COc1ccc(C)cc1N=CCc1ccccn1. The molecule has 0 N–H and O–H groups in total. The molecule has 2 rings (SSSR count). The lowest BCUT2D eigenvalue weighted by Gasteiger charge is -2.04. The van der Waals surface area contributed by atoms with Crippen LogP contribution in [0.25, 0.3) is 0 Å². The highest BCUT2D eigenvalue weighted by Crippen LogP contribution is 2.27. The molecule has 0 saturated carbocycles. The number of benzene rings is 1. The Kier molecular flexibility index (Phi) is 4.07. The van der Waals surface area contributed by atoms with Crippen LogP contribution < -0.4 is 4.74 Å². The number of hydrogen-bond acceptors (Lipinski definition) is 3. The quantitative estimate of drug-likeness (QED) is 0.768. The molecule has 0 aliphatic heterocycles. The van der Waals surface area contributed by atoms with Gasteiger partial charge in [-0.05, 0) is 36.8 Å². The Morgan fingerprint density at radius 1 is 1.28 bits per heavy atom. The van der Waals surface area contributed by atoms with Gasteiger partial charge in [0.2, 0.25) is 0 Å². The van der Waals surface area contributed by atoms with Crippen LogP contribution in [0, 0.1) is 6.92 Å². The molecule has 3 heteroatoms. The molecule has 1 aromatic carbocycles. The van der Waals surface area contributed by atoms with Gasteiger partial charge in [-0.15, -0.1) is 0 Å². The predicted octanol–water partition coefficient (Wildman–Crippen LogP) is 3.34. The van der Waals surface area contributed by atoms with E-state index in [1.54, 1.807) is 13.3 Å². The molecule has 0 spiro atoms. The molecule has 18 heavy (non-hydrogen) atoms. The molecule has 0 radical (unpaired) electrons. The van der Waals surface area contributed by atoms with Gasteiger partial charge in [0.25, 0.3) is 0 Å². The lowest BCUT2D eigenvalue weighted by atomic mass is 10.2. The van der Waals surface area contributed by atoms with Crippen molar-refractivity contribution < 1.29 is 4.74 Å². The molecule has 0 aliphatic carbocycles. The van der Waals surface area contributed by atoms with Crippen LogP contribution in [0.1, 0.15) is 11.3 Å². The van der Waals surface area contributed by atoms with Crippen molar-refractivity contribution in [2.75, 3.05) is 7.11 Å². The molecule has 1 aromatic heterocycles. The summed E-state index contributed by atoms with van der Waals surface area (Å²) < 4.78 is 5.27.